The van der Waals surface area contributed by atoms with E-state index < -0.39 is 0 Å². The summed E-state index contributed by atoms with van der Waals surface area (Å²) >= 11 is 6.42. The van der Waals surface area contributed by atoms with Crippen LogP contribution < -0.4 is 10.1 Å². The molecule has 0 atom stereocenters. The van der Waals surface area contributed by atoms with Crippen molar-refractivity contribution in [1.29, 1.82) is 0 Å². The van der Waals surface area contributed by atoms with Gasteiger partial charge >= 0.3 is 0 Å². The number of nitrogens with zero attached hydrogens (tertiary/aromatic N) is 3. The Morgan fingerprint density at radius 3 is 2.57 bits per heavy atom. The molecule has 4 rings (SSSR count). The highest BCUT2D eigenvalue weighted by Gasteiger charge is 2.16. The maximum Gasteiger partial charge on any atom is 0.255 e. The van der Waals surface area contributed by atoms with Crippen LogP contribution in [0.2, 0.25) is 5.02 Å². The lowest BCUT2D eigenvalue weighted by molar-refractivity contribution is 0.0951. The fourth-order valence-corrected chi connectivity index (χ4v) is 3.46. The van der Waals surface area contributed by atoms with Crippen LogP contribution in [0.1, 0.15) is 16.1 Å². The molecule has 0 saturated heterocycles. The Bertz CT molecular complexity index is 1140. The molecule has 0 fully saturated rings. The third kappa shape index (κ3) is 4.23. The van der Waals surface area contributed by atoms with E-state index in [0.717, 1.165) is 17.1 Å². The van der Waals surface area contributed by atoms with Crippen molar-refractivity contribution in [1.82, 2.24) is 19.7 Å². The van der Waals surface area contributed by atoms with Crippen LogP contribution >= 0.6 is 11.6 Å². The summed E-state index contributed by atoms with van der Waals surface area (Å²) in [6.07, 6.45) is 6.29. The quantitative estimate of drug-likeness (QED) is 0.485. The number of amides is 1. The molecule has 0 aliphatic carbocycles. The Kier molecular flexibility index (Phi) is 5.86. The second kappa shape index (κ2) is 8.88. The molecule has 0 aliphatic rings. The summed E-state index contributed by atoms with van der Waals surface area (Å²) in [6, 6.07) is 19.0. The van der Waals surface area contributed by atoms with Gasteiger partial charge in [0.15, 0.2) is 0 Å². The number of rotatable bonds is 7. The van der Waals surface area contributed by atoms with Gasteiger partial charge in [0.25, 0.3) is 5.91 Å². The number of hydrogen-bond acceptors (Lipinski definition) is 3. The monoisotopic (exact) mass is 420 g/mol. The van der Waals surface area contributed by atoms with Crippen LogP contribution in [0.15, 0.2) is 79.3 Å². The number of nitrogens with one attached hydrogen (secondary N) is 1. The molecular weight excluding hydrogens is 400 g/mol. The number of methoxy groups -OCH3 is 1. The molecule has 0 saturated carbocycles. The molecule has 30 heavy (non-hydrogen) atoms. The fourth-order valence-electron chi connectivity index (χ4n) is 3.20. The molecule has 0 radical (unpaired) electrons. The smallest absolute Gasteiger partial charge is 0.255 e. The van der Waals surface area contributed by atoms with Gasteiger partial charge in [0.1, 0.15) is 5.75 Å². The minimum atomic E-state index is -0.240. The van der Waals surface area contributed by atoms with E-state index in [4.69, 9.17) is 16.3 Å². The van der Waals surface area contributed by atoms with Gasteiger partial charge in [-0.25, -0.2) is 4.68 Å². The van der Waals surface area contributed by atoms with Gasteiger partial charge in [-0.1, -0.05) is 29.8 Å². The lowest BCUT2D eigenvalue weighted by atomic mass is 10.1. The Morgan fingerprint density at radius 1 is 1.07 bits per heavy atom. The molecular formula is C23H21ClN4O2. The zero-order chi connectivity index (χ0) is 20.9. The number of aromatic nitrogens is 3. The molecule has 1 amide bonds. The van der Waals surface area contributed by atoms with Crippen molar-refractivity contribution >= 4 is 17.5 Å². The Labute approximate surface area is 179 Å². The summed E-state index contributed by atoms with van der Waals surface area (Å²) in [6.45, 7) is 0.449. The van der Waals surface area contributed by atoms with E-state index in [1.54, 1.807) is 12.1 Å². The van der Waals surface area contributed by atoms with Crippen LogP contribution in [0, 0.1) is 0 Å². The van der Waals surface area contributed by atoms with Crippen LogP contribution in [0.5, 0.6) is 5.75 Å². The summed E-state index contributed by atoms with van der Waals surface area (Å²) in [5, 5.41) is 7.94. The lowest BCUT2D eigenvalue weighted by Crippen LogP contribution is -2.26. The van der Waals surface area contributed by atoms with Gasteiger partial charge in [-0.3, -0.25) is 4.79 Å². The molecule has 2 heterocycles. The van der Waals surface area contributed by atoms with Crippen molar-refractivity contribution in [2.45, 2.75) is 6.42 Å². The van der Waals surface area contributed by atoms with Crippen molar-refractivity contribution in [3.8, 4) is 17.1 Å². The zero-order valence-electron chi connectivity index (χ0n) is 16.5. The van der Waals surface area contributed by atoms with Gasteiger partial charge in [-0.2, -0.15) is 5.10 Å². The zero-order valence-corrected chi connectivity index (χ0v) is 17.2. The maximum atomic E-state index is 12.7. The van der Waals surface area contributed by atoms with Gasteiger partial charge in [0.2, 0.25) is 0 Å². The van der Waals surface area contributed by atoms with Crippen LogP contribution in [0.4, 0.5) is 0 Å². The first-order valence-corrected chi connectivity index (χ1v) is 9.92. The van der Waals surface area contributed by atoms with Crippen molar-refractivity contribution in [2.24, 2.45) is 0 Å². The molecule has 4 aromatic rings. The third-order valence-corrected chi connectivity index (χ3v) is 5.03. The molecule has 2 aromatic heterocycles. The first kappa shape index (κ1) is 19.8. The summed E-state index contributed by atoms with van der Waals surface area (Å²) in [5.41, 5.74) is 3.04. The topological polar surface area (TPSA) is 61.1 Å². The predicted molar refractivity (Wildman–Crippen MR) is 117 cm³/mol. The summed E-state index contributed by atoms with van der Waals surface area (Å²) in [4.78, 5) is 12.7. The number of para-hydroxylation sites is 1. The van der Waals surface area contributed by atoms with Crippen molar-refractivity contribution in [3.05, 3.63) is 95.5 Å². The van der Waals surface area contributed by atoms with Crippen LogP contribution in [-0.2, 0) is 6.42 Å². The maximum absolute atomic E-state index is 12.7. The SMILES string of the molecule is COc1cc(-n2cccc2)c(Cl)cc1C(=O)NCCc1ccn(-c2ccccc2)n1. The van der Waals surface area contributed by atoms with Crippen molar-refractivity contribution < 1.29 is 9.53 Å². The molecule has 152 valence electrons. The van der Waals surface area contributed by atoms with E-state index in [1.165, 1.54) is 7.11 Å². The first-order chi connectivity index (χ1) is 14.7. The number of halogens is 1. The van der Waals surface area contributed by atoms with E-state index in [2.05, 4.69) is 10.4 Å². The Hall–Kier alpha value is -3.51. The van der Waals surface area contributed by atoms with E-state index in [-0.39, 0.29) is 5.91 Å². The minimum Gasteiger partial charge on any atom is -0.496 e. The lowest BCUT2D eigenvalue weighted by Gasteiger charge is -2.13. The minimum absolute atomic E-state index is 0.240. The van der Waals surface area contributed by atoms with E-state index in [1.807, 2.05) is 76.4 Å². The molecule has 0 unspecified atom stereocenters. The highest BCUT2D eigenvalue weighted by molar-refractivity contribution is 6.33. The molecule has 7 heteroatoms. The van der Waals surface area contributed by atoms with Crippen LogP contribution in [-0.4, -0.2) is 33.9 Å². The normalized spacial score (nSPS) is 10.7. The summed E-state index contributed by atoms with van der Waals surface area (Å²) in [7, 11) is 1.54. The van der Waals surface area contributed by atoms with Gasteiger partial charge in [-0.15, -0.1) is 0 Å². The van der Waals surface area contributed by atoms with Crippen molar-refractivity contribution in [2.75, 3.05) is 13.7 Å². The molecule has 6 nitrogen and oxygen atoms in total. The van der Waals surface area contributed by atoms with Crippen molar-refractivity contribution in [3.63, 3.8) is 0 Å². The standard InChI is InChI=1S/C23H21ClN4O2/c1-30-22-16-21(27-12-5-6-13-27)20(24)15-19(22)23(29)25-11-9-17-10-14-28(26-17)18-7-3-2-4-8-18/h2-8,10,12-16H,9,11H2,1H3,(H,25,29). The highest BCUT2D eigenvalue weighted by Crippen LogP contribution is 2.30. The highest BCUT2D eigenvalue weighted by atomic mass is 35.5. The first-order valence-electron chi connectivity index (χ1n) is 9.55. The Morgan fingerprint density at radius 2 is 1.83 bits per heavy atom. The van der Waals surface area contributed by atoms with E-state index >= 15 is 0 Å². The second-order valence-corrected chi connectivity index (χ2v) is 7.09. The molecule has 0 bridgehead atoms. The number of carbonyl (C=O) groups excluding carboxylic acids is 1. The molecule has 2 aromatic carbocycles. The fraction of sp³-hybridized carbons (Fsp3) is 0.130. The van der Waals surface area contributed by atoms with E-state index in [9.17, 15) is 4.79 Å². The number of carbonyl (C=O) groups is 1. The number of benzene rings is 2. The second-order valence-electron chi connectivity index (χ2n) is 6.69. The number of ether oxygens (including phenoxy) is 1. The molecule has 0 spiro atoms. The summed E-state index contributed by atoms with van der Waals surface area (Å²) < 4.78 is 9.12. The van der Waals surface area contributed by atoms with Gasteiger partial charge in [0, 0.05) is 37.6 Å². The van der Waals surface area contributed by atoms with Gasteiger partial charge in [-0.05, 0) is 36.4 Å². The van der Waals surface area contributed by atoms with Crippen LogP contribution in [0.3, 0.4) is 0 Å². The average molecular weight is 421 g/mol. The third-order valence-electron chi connectivity index (χ3n) is 4.73. The van der Waals surface area contributed by atoms with Gasteiger partial charge < -0.3 is 14.6 Å². The largest absolute Gasteiger partial charge is 0.496 e. The Balaban J connectivity index is 1.42. The predicted octanol–water partition coefficient (Wildman–Crippen LogP) is 4.30. The molecule has 0 aliphatic heterocycles. The van der Waals surface area contributed by atoms with Gasteiger partial charge in [0.05, 0.1) is 34.8 Å². The summed E-state index contributed by atoms with van der Waals surface area (Å²) in [5.74, 6) is 0.226. The van der Waals surface area contributed by atoms with Crippen LogP contribution in [0.25, 0.3) is 11.4 Å². The molecule has 1 N–H and O–H groups in total. The van der Waals surface area contributed by atoms with E-state index in [0.29, 0.717) is 29.3 Å². The average Bonchev–Trinajstić information content (AvgIpc) is 3.46. The number of hydrogen-bond donors (Lipinski definition) is 1.